The van der Waals surface area contributed by atoms with Gasteiger partial charge in [0, 0.05) is 11.9 Å². The zero-order valence-electron chi connectivity index (χ0n) is 14.6. The number of thioether (sulfide) groups is 1. The van der Waals surface area contributed by atoms with Crippen LogP contribution in [0.15, 0.2) is 5.16 Å². The standard InChI is InChI=1S/C17H21N5OS2/c1-4-11-5-6-12-13(8-18)16(25-14(12)7-11)19-15(23)9-24-17-21-20-10(2)22(17)3/h11H,4-7,9H2,1-3H3,(H,19,23). The molecule has 0 saturated heterocycles. The molecule has 1 atom stereocenters. The van der Waals surface area contributed by atoms with Gasteiger partial charge in [-0.25, -0.2) is 0 Å². The average molecular weight is 376 g/mol. The van der Waals surface area contributed by atoms with Crippen LogP contribution in [0, 0.1) is 24.2 Å². The minimum Gasteiger partial charge on any atom is -0.316 e. The summed E-state index contributed by atoms with van der Waals surface area (Å²) in [6, 6.07) is 2.29. The number of hydrogen-bond acceptors (Lipinski definition) is 6. The molecule has 0 aliphatic heterocycles. The van der Waals surface area contributed by atoms with Crippen LogP contribution in [-0.4, -0.2) is 26.4 Å². The lowest BCUT2D eigenvalue weighted by Gasteiger charge is -2.20. The smallest absolute Gasteiger partial charge is 0.235 e. The lowest BCUT2D eigenvalue weighted by atomic mass is 9.86. The minimum absolute atomic E-state index is 0.118. The van der Waals surface area contributed by atoms with Crippen molar-refractivity contribution in [1.82, 2.24) is 14.8 Å². The molecule has 132 valence electrons. The third-order valence-corrected chi connectivity index (χ3v) is 6.88. The van der Waals surface area contributed by atoms with E-state index in [0.29, 0.717) is 21.6 Å². The number of fused-ring (bicyclic) bond motifs is 1. The molecule has 2 aromatic rings. The van der Waals surface area contributed by atoms with Crippen molar-refractivity contribution in [3.8, 4) is 6.07 Å². The van der Waals surface area contributed by atoms with Crippen LogP contribution in [0.4, 0.5) is 5.00 Å². The highest BCUT2D eigenvalue weighted by molar-refractivity contribution is 7.99. The molecule has 3 rings (SSSR count). The highest BCUT2D eigenvalue weighted by Gasteiger charge is 2.25. The number of rotatable bonds is 5. The van der Waals surface area contributed by atoms with Gasteiger partial charge in [0.05, 0.1) is 11.3 Å². The summed E-state index contributed by atoms with van der Waals surface area (Å²) >= 11 is 2.91. The Labute approximate surface area is 155 Å². The van der Waals surface area contributed by atoms with Gasteiger partial charge in [-0.15, -0.1) is 21.5 Å². The Bertz CT molecular complexity index is 833. The summed E-state index contributed by atoms with van der Waals surface area (Å²) in [5.74, 6) is 1.63. The van der Waals surface area contributed by atoms with Crippen LogP contribution in [0.2, 0.25) is 0 Å². The number of anilines is 1. The summed E-state index contributed by atoms with van der Waals surface area (Å²) in [6.45, 7) is 4.08. The van der Waals surface area contributed by atoms with Crippen molar-refractivity contribution in [1.29, 1.82) is 5.26 Å². The first-order chi connectivity index (χ1) is 12.0. The molecule has 0 spiro atoms. The maximum absolute atomic E-state index is 12.3. The van der Waals surface area contributed by atoms with Gasteiger partial charge in [0.2, 0.25) is 5.91 Å². The van der Waals surface area contributed by atoms with Gasteiger partial charge in [-0.3, -0.25) is 4.79 Å². The largest absolute Gasteiger partial charge is 0.316 e. The molecule has 1 unspecified atom stereocenters. The van der Waals surface area contributed by atoms with E-state index in [1.165, 1.54) is 16.6 Å². The van der Waals surface area contributed by atoms with E-state index in [9.17, 15) is 10.1 Å². The number of hydrogen-bond donors (Lipinski definition) is 1. The Morgan fingerprint density at radius 2 is 2.32 bits per heavy atom. The van der Waals surface area contributed by atoms with Crippen molar-refractivity contribution in [3.63, 3.8) is 0 Å². The molecule has 0 radical (unpaired) electrons. The van der Waals surface area contributed by atoms with E-state index in [-0.39, 0.29) is 11.7 Å². The molecular formula is C17H21N5OS2. The molecule has 1 amide bonds. The number of amides is 1. The molecule has 8 heteroatoms. The molecule has 6 nitrogen and oxygen atoms in total. The van der Waals surface area contributed by atoms with Crippen LogP contribution in [-0.2, 0) is 24.7 Å². The van der Waals surface area contributed by atoms with Crippen LogP contribution in [0.1, 0.15) is 41.6 Å². The molecule has 0 fully saturated rings. The fourth-order valence-electron chi connectivity index (χ4n) is 3.02. The minimum atomic E-state index is -0.118. The molecule has 2 aromatic heterocycles. The van der Waals surface area contributed by atoms with E-state index in [2.05, 4.69) is 28.5 Å². The van der Waals surface area contributed by atoms with Gasteiger partial charge in [0.15, 0.2) is 5.16 Å². The summed E-state index contributed by atoms with van der Waals surface area (Å²) in [4.78, 5) is 13.6. The SMILES string of the molecule is CCC1CCc2c(sc(NC(=O)CSc3nnc(C)n3C)c2C#N)C1. The van der Waals surface area contributed by atoms with Crippen LogP contribution in [0.25, 0.3) is 0 Å². The van der Waals surface area contributed by atoms with Crippen molar-refractivity contribution in [2.45, 2.75) is 44.7 Å². The number of aromatic nitrogens is 3. The van der Waals surface area contributed by atoms with Crippen molar-refractivity contribution in [2.75, 3.05) is 11.1 Å². The normalized spacial score (nSPS) is 16.3. The Kier molecular flexibility index (Phi) is 5.45. The van der Waals surface area contributed by atoms with E-state index in [0.717, 1.165) is 37.1 Å². The zero-order chi connectivity index (χ0) is 18.0. The maximum Gasteiger partial charge on any atom is 0.235 e. The van der Waals surface area contributed by atoms with Crippen LogP contribution in [0.3, 0.4) is 0 Å². The van der Waals surface area contributed by atoms with E-state index >= 15 is 0 Å². The first-order valence-electron chi connectivity index (χ1n) is 8.36. The fraction of sp³-hybridized carbons (Fsp3) is 0.529. The first-order valence-corrected chi connectivity index (χ1v) is 10.2. The predicted octanol–water partition coefficient (Wildman–Crippen LogP) is 3.30. The van der Waals surface area contributed by atoms with E-state index in [1.807, 2.05) is 18.5 Å². The highest BCUT2D eigenvalue weighted by atomic mass is 32.2. The third kappa shape index (κ3) is 3.72. The Morgan fingerprint density at radius 3 is 2.96 bits per heavy atom. The van der Waals surface area contributed by atoms with Gasteiger partial charge in [-0.2, -0.15) is 5.26 Å². The molecule has 0 aromatic carbocycles. The lowest BCUT2D eigenvalue weighted by molar-refractivity contribution is -0.113. The summed E-state index contributed by atoms with van der Waals surface area (Å²) in [6.07, 6.45) is 4.25. The second kappa shape index (κ2) is 7.58. The van der Waals surface area contributed by atoms with Gasteiger partial charge in [0.1, 0.15) is 16.9 Å². The first kappa shape index (κ1) is 18.0. The average Bonchev–Trinajstić information content (AvgIpc) is 3.12. The number of nitrogens with zero attached hydrogens (tertiary/aromatic N) is 4. The summed E-state index contributed by atoms with van der Waals surface area (Å²) < 4.78 is 1.85. The second-order valence-corrected chi connectivity index (χ2v) is 8.31. The lowest BCUT2D eigenvalue weighted by Crippen LogP contribution is -2.14. The Balaban J connectivity index is 1.68. The monoisotopic (exact) mass is 375 g/mol. The summed E-state index contributed by atoms with van der Waals surface area (Å²) in [5.41, 5.74) is 1.80. The topological polar surface area (TPSA) is 83.6 Å². The third-order valence-electron chi connectivity index (χ3n) is 4.69. The van der Waals surface area contributed by atoms with Crippen molar-refractivity contribution >= 4 is 34.0 Å². The van der Waals surface area contributed by atoms with E-state index in [4.69, 9.17) is 0 Å². The highest BCUT2D eigenvalue weighted by Crippen LogP contribution is 2.40. The zero-order valence-corrected chi connectivity index (χ0v) is 16.3. The van der Waals surface area contributed by atoms with Crippen LogP contribution < -0.4 is 5.32 Å². The number of aryl methyl sites for hydroxylation is 1. The molecule has 1 aliphatic rings. The van der Waals surface area contributed by atoms with E-state index < -0.39 is 0 Å². The molecule has 0 saturated carbocycles. The molecule has 2 heterocycles. The molecule has 0 bridgehead atoms. The number of nitrogens with one attached hydrogen (secondary N) is 1. The maximum atomic E-state index is 12.3. The van der Waals surface area contributed by atoms with Gasteiger partial charge >= 0.3 is 0 Å². The molecule has 1 aliphatic carbocycles. The molecular weight excluding hydrogens is 354 g/mol. The van der Waals surface area contributed by atoms with Crippen molar-refractivity contribution in [3.05, 3.63) is 21.8 Å². The second-order valence-electron chi connectivity index (χ2n) is 6.26. The number of carbonyl (C=O) groups excluding carboxylic acids is 1. The summed E-state index contributed by atoms with van der Waals surface area (Å²) in [7, 11) is 1.88. The van der Waals surface area contributed by atoms with E-state index in [1.54, 1.807) is 11.3 Å². The van der Waals surface area contributed by atoms with Crippen LogP contribution in [0.5, 0.6) is 0 Å². The fourth-order valence-corrected chi connectivity index (χ4v) is 5.10. The predicted molar refractivity (Wildman–Crippen MR) is 99.9 cm³/mol. The summed E-state index contributed by atoms with van der Waals surface area (Å²) in [5, 5.41) is 21.9. The van der Waals surface area contributed by atoms with Gasteiger partial charge in [-0.05, 0) is 37.7 Å². The molecule has 1 N–H and O–H groups in total. The van der Waals surface area contributed by atoms with Gasteiger partial charge < -0.3 is 9.88 Å². The van der Waals surface area contributed by atoms with Crippen molar-refractivity contribution in [2.24, 2.45) is 13.0 Å². The molecule has 25 heavy (non-hydrogen) atoms. The number of nitriles is 1. The Hall–Kier alpha value is -1.85. The number of thiophene rings is 1. The van der Waals surface area contributed by atoms with Crippen molar-refractivity contribution < 1.29 is 4.79 Å². The van der Waals surface area contributed by atoms with Gasteiger partial charge in [0.25, 0.3) is 0 Å². The number of carbonyl (C=O) groups is 1. The Morgan fingerprint density at radius 1 is 1.52 bits per heavy atom. The van der Waals surface area contributed by atoms with Gasteiger partial charge in [-0.1, -0.05) is 25.1 Å². The quantitative estimate of drug-likeness (QED) is 0.811. The van der Waals surface area contributed by atoms with Crippen LogP contribution >= 0.6 is 23.1 Å².